The summed E-state index contributed by atoms with van der Waals surface area (Å²) in [6.45, 7) is 1.27. The average molecular weight is 468 g/mol. The van der Waals surface area contributed by atoms with Crippen molar-refractivity contribution in [1.82, 2.24) is 14.9 Å². The molecule has 10 nitrogen and oxygen atoms in total. The van der Waals surface area contributed by atoms with E-state index in [2.05, 4.69) is 15.6 Å². The van der Waals surface area contributed by atoms with Crippen molar-refractivity contribution in [3.05, 3.63) is 63.3 Å². The van der Waals surface area contributed by atoms with E-state index in [1.807, 2.05) is 12.1 Å². The number of cyclic esters (lactones) is 1. The Balaban J connectivity index is 1.19. The highest BCUT2D eigenvalue weighted by atomic mass is 32.2. The molecule has 1 aromatic heterocycles. The molecule has 33 heavy (non-hydrogen) atoms. The Morgan fingerprint density at radius 3 is 2.85 bits per heavy atom. The van der Waals surface area contributed by atoms with Gasteiger partial charge in [-0.05, 0) is 30.3 Å². The van der Waals surface area contributed by atoms with Crippen molar-refractivity contribution in [3.63, 3.8) is 0 Å². The molecule has 1 fully saturated rings. The van der Waals surface area contributed by atoms with Gasteiger partial charge in [0, 0.05) is 30.2 Å². The molecule has 2 amide bonds. The highest BCUT2D eigenvalue weighted by Crippen LogP contribution is 2.35. The van der Waals surface area contributed by atoms with Crippen LogP contribution >= 0.6 is 11.8 Å². The van der Waals surface area contributed by atoms with E-state index in [0.717, 1.165) is 9.46 Å². The van der Waals surface area contributed by atoms with E-state index in [1.165, 1.54) is 16.7 Å². The third-order valence-electron chi connectivity index (χ3n) is 5.56. The van der Waals surface area contributed by atoms with Gasteiger partial charge in [0.25, 0.3) is 5.56 Å². The molecule has 1 saturated heterocycles. The van der Waals surface area contributed by atoms with Crippen molar-refractivity contribution in [2.24, 2.45) is 0 Å². The zero-order chi connectivity index (χ0) is 22.9. The van der Waals surface area contributed by atoms with Gasteiger partial charge in [0.15, 0.2) is 0 Å². The SMILES string of the molecule is O=C1CSc2ccc(N3CC(CNCCn4c(=O)[nH]c5ccccc5c4=O)OC3=O)cc2N1. The van der Waals surface area contributed by atoms with Crippen molar-refractivity contribution >= 4 is 46.0 Å². The molecule has 0 bridgehead atoms. The monoisotopic (exact) mass is 467 g/mol. The van der Waals surface area contributed by atoms with Gasteiger partial charge in [-0.1, -0.05) is 12.1 Å². The Bertz CT molecular complexity index is 1370. The molecule has 1 unspecified atom stereocenters. The molecule has 0 aliphatic carbocycles. The van der Waals surface area contributed by atoms with E-state index in [-0.39, 0.29) is 24.1 Å². The highest BCUT2D eigenvalue weighted by Gasteiger charge is 2.32. The van der Waals surface area contributed by atoms with Crippen LogP contribution in [0.5, 0.6) is 0 Å². The molecular formula is C22H21N5O5S. The van der Waals surface area contributed by atoms with Crippen LogP contribution < -0.4 is 26.8 Å². The van der Waals surface area contributed by atoms with Gasteiger partial charge in [0.2, 0.25) is 5.91 Å². The third-order valence-corrected chi connectivity index (χ3v) is 6.63. The fraction of sp³-hybridized carbons (Fsp3) is 0.273. The molecule has 170 valence electrons. The fourth-order valence-corrected chi connectivity index (χ4v) is 4.72. The number of H-pyrrole nitrogens is 1. The minimum atomic E-state index is -0.461. The van der Waals surface area contributed by atoms with Crippen LogP contribution in [0.4, 0.5) is 16.2 Å². The number of aromatic nitrogens is 2. The quantitative estimate of drug-likeness (QED) is 0.467. The normalized spacial score (nSPS) is 17.7. The van der Waals surface area contributed by atoms with Gasteiger partial charge in [-0.3, -0.25) is 19.1 Å². The molecule has 11 heteroatoms. The summed E-state index contributed by atoms with van der Waals surface area (Å²) in [4.78, 5) is 54.0. The van der Waals surface area contributed by atoms with Gasteiger partial charge >= 0.3 is 11.8 Å². The van der Waals surface area contributed by atoms with E-state index < -0.39 is 11.8 Å². The Labute approximate surface area is 191 Å². The molecule has 3 N–H and O–H groups in total. The Hall–Kier alpha value is -3.57. The number of hydrogen-bond acceptors (Lipinski definition) is 7. The van der Waals surface area contributed by atoms with Crippen LogP contribution in [-0.2, 0) is 16.1 Å². The maximum Gasteiger partial charge on any atom is 0.414 e. The first-order valence-electron chi connectivity index (χ1n) is 10.5. The first kappa shape index (κ1) is 21.3. The first-order valence-corrected chi connectivity index (χ1v) is 11.5. The van der Waals surface area contributed by atoms with Crippen LogP contribution in [0.2, 0.25) is 0 Å². The minimum absolute atomic E-state index is 0.0694. The number of carbonyl (C=O) groups excluding carboxylic acids is 2. The van der Waals surface area contributed by atoms with E-state index in [1.54, 1.807) is 30.3 Å². The van der Waals surface area contributed by atoms with Gasteiger partial charge in [-0.2, -0.15) is 0 Å². The van der Waals surface area contributed by atoms with Gasteiger partial charge in [-0.15, -0.1) is 11.8 Å². The molecule has 0 radical (unpaired) electrons. The molecule has 0 saturated carbocycles. The number of aromatic amines is 1. The molecular weight excluding hydrogens is 446 g/mol. The van der Waals surface area contributed by atoms with Crippen LogP contribution in [-0.4, -0.2) is 53.0 Å². The summed E-state index contributed by atoms with van der Waals surface area (Å²) < 4.78 is 6.60. The molecule has 2 aliphatic rings. The average Bonchev–Trinajstić information content (AvgIpc) is 3.18. The summed E-state index contributed by atoms with van der Waals surface area (Å²) in [5.41, 5.74) is 1.05. The summed E-state index contributed by atoms with van der Waals surface area (Å²) >= 11 is 1.46. The van der Waals surface area contributed by atoms with Crippen molar-refractivity contribution in [3.8, 4) is 0 Å². The maximum absolute atomic E-state index is 12.6. The number of thioether (sulfide) groups is 1. The number of nitrogens with one attached hydrogen (secondary N) is 3. The predicted octanol–water partition coefficient (Wildman–Crippen LogP) is 1.35. The van der Waals surface area contributed by atoms with Crippen molar-refractivity contribution < 1.29 is 14.3 Å². The number of benzene rings is 2. The van der Waals surface area contributed by atoms with Gasteiger partial charge < -0.3 is 20.4 Å². The number of amides is 2. The molecule has 2 aliphatic heterocycles. The molecule has 3 heterocycles. The lowest BCUT2D eigenvalue weighted by molar-refractivity contribution is -0.113. The number of para-hydroxylation sites is 1. The lowest BCUT2D eigenvalue weighted by Gasteiger charge is -2.20. The van der Waals surface area contributed by atoms with Crippen LogP contribution in [0.25, 0.3) is 10.9 Å². The topological polar surface area (TPSA) is 126 Å². The minimum Gasteiger partial charge on any atom is -0.443 e. The Kier molecular flexibility index (Phi) is 5.65. The predicted molar refractivity (Wildman–Crippen MR) is 125 cm³/mol. The number of anilines is 2. The number of hydrogen-bond donors (Lipinski definition) is 3. The Morgan fingerprint density at radius 1 is 1.12 bits per heavy atom. The number of carbonyl (C=O) groups is 2. The summed E-state index contributed by atoms with van der Waals surface area (Å²) in [7, 11) is 0. The molecule has 3 aromatic rings. The molecule has 0 spiro atoms. The summed E-state index contributed by atoms with van der Waals surface area (Å²) in [6, 6.07) is 12.4. The van der Waals surface area contributed by atoms with E-state index in [9.17, 15) is 19.2 Å². The van der Waals surface area contributed by atoms with Crippen molar-refractivity contribution in [2.45, 2.75) is 17.5 Å². The zero-order valence-corrected chi connectivity index (χ0v) is 18.3. The largest absolute Gasteiger partial charge is 0.443 e. The second kappa shape index (κ2) is 8.75. The van der Waals surface area contributed by atoms with Crippen LogP contribution in [0.3, 0.4) is 0 Å². The second-order valence-electron chi connectivity index (χ2n) is 7.77. The number of fused-ring (bicyclic) bond motifs is 2. The molecule has 5 rings (SSSR count). The lowest BCUT2D eigenvalue weighted by Crippen LogP contribution is -2.39. The molecule has 2 aromatic carbocycles. The highest BCUT2D eigenvalue weighted by molar-refractivity contribution is 8.00. The number of nitrogens with zero attached hydrogens (tertiary/aromatic N) is 2. The summed E-state index contributed by atoms with van der Waals surface area (Å²) in [5.74, 6) is 0.309. The van der Waals surface area contributed by atoms with Crippen molar-refractivity contribution in [1.29, 1.82) is 0 Å². The van der Waals surface area contributed by atoms with Crippen LogP contribution in [0.1, 0.15) is 0 Å². The van der Waals surface area contributed by atoms with Crippen LogP contribution in [0.15, 0.2) is 56.9 Å². The van der Waals surface area contributed by atoms with Crippen LogP contribution in [0, 0.1) is 0 Å². The Morgan fingerprint density at radius 2 is 1.97 bits per heavy atom. The van der Waals surface area contributed by atoms with E-state index >= 15 is 0 Å². The lowest BCUT2D eigenvalue weighted by atomic mass is 10.2. The summed E-state index contributed by atoms with van der Waals surface area (Å²) in [6.07, 6.45) is -0.845. The zero-order valence-electron chi connectivity index (χ0n) is 17.5. The smallest absolute Gasteiger partial charge is 0.414 e. The third kappa shape index (κ3) is 4.24. The van der Waals surface area contributed by atoms with Gasteiger partial charge in [0.1, 0.15) is 6.10 Å². The van der Waals surface area contributed by atoms with E-state index in [4.69, 9.17) is 4.74 Å². The summed E-state index contributed by atoms with van der Waals surface area (Å²) in [5, 5.41) is 6.43. The molecule has 1 atom stereocenters. The fourth-order valence-electron chi connectivity index (χ4n) is 3.93. The van der Waals surface area contributed by atoms with E-state index in [0.29, 0.717) is 47.7 Å². The second-order valence-corrected chi connectivity index (χ2v) is 8.79. The van der Waals surface area contributed by atoms with Gasteiger partial charge in [-0.25, -0.2) is 9.59 Å². The first-order chi connectivity index (χ1) is 16.0. The van der Waals surface area contributed by atoms with Gasteiger partial charge in [0.05, 0.1) is 28.9 Å². The van der Waals surface area contributed by atoms with Crippen molar-refractivity contribution in [2.75, 3.05) is 35.6 Å². The maximum atomic E-state index is 12.6. The number of rotatable bonds is 6. The number of ether oxygens (including phenoxy) is 1. The standard InChI is InChI=1S/C22H21N5O5S/c28-19-12-33-18-6-5-13(9-17(18)24-19)27-11-14(32-22(27)31)10-23-7-8-26-20(29)15-3-1-2-4-16(15)25-21(26)30/h1-6,9,14,23H,7-8,10-12H2,(H,24,28)(H,25,30).